The van der Waals surface area contributed by atoms with Crippen molar-refractivity contribution in [3.63, 3.8) is 0 Å². The summed E-state index contributed by atoms with van der Waals surface area (Å²) in [6.07, 6.45) is 0. The minimum absolute atomic E-state index is 0.0889. The molecule has 0 aliphatic rings. The summed E-state index contributed by atoms with van der Waals surface area (Å²) in [6, 6.07) is 0.0976. The molecule has 0 fully saturated rings. The van der Waals surface area contributed by atoms with E-state index >= 15 is 0 Å². The molecule has 0 saturated heterocycles. The zero-order valence-electron chi connectivity index (χ0n) is 13.6. The molecule has 0 spiro atoms. The molecule has 21 heavy (non-hydrogen) atoms. The summed E-state index contributed by atoms with van der Waals surface area (Å²) in [5, 5.41) is 9.89. The van der Waals surface area contributed by atoms with Crippen molar-refractivity contribution in [1.82, 2.24) is 20.0 Å². The Bertz CT molecular complexity index is 522. The summed E-state index contributed by atoms with van der Waals surface area (Å²) in [7, 11) is 3.57. The lowest BCUT2D eigenvalue weighted by atomic mass is 10.3. The second kappa shape index (κ2) is 7.21. The van der Waals surface area contributed by atoms with Crippen molar-refractivity contribution in [2.75, 3.05) is 25.5 Å². The monoisotopic (exact) mass is 295 g/mol. The van der Waals surface area contributed by atoms with Gasteiger partial charge in [-0.05, 0) is 34.7 Å². The number of carbonyl (C=O) groups excluding carboxylic acids is 2. The Morgan fingerprint density at radius 3 is 2.29 bits per heavy atom. The maximum Gasteiger partial charge on any atom is 0.238 e. The van der Waals surface area contributed by atoms with Gasteiger partial charge in [-0.15, -0.1) is 0 Å². The number of amides is 2. The predicted molar refractivity (Wildman–Crippen MR) is 82.1 cm³/mol. The highest BCUT2D eigenvalue weighted by Gasteiger charge is 2.15. The van der Waals surface area contributed by atoms with Crippen LogP contribution in [0.4, 0.5) is 5.69 Å². The third-order valence-electron chi connectivity index (χ3n) is 3.05. The second-order valence-electron chi connectivity index (χ2n) is 5.61. The molecule has 0 unspecified atom stereocenters. The molecule has 1 aromatic heterocycles. The molecule has 2 N–H and O–H groups in total. The normalized spacial score (nSPS) is 11.0. The highest BCUT2D eigenvalue weighted by Crippen LogP contribution is 2.17. The Balaban J connectivity index is 2.52. The van der Waals surface area contributed by atoms with Crippen molar-refractivity contribution in [3.8, 4) is 0 Å². The second-order valence-corrected chi connectivity index (χ2v) is 5.61. The molecule has 0 radical (unpaired) electrons. The van der Waals surface area contributed by atoms with Gasteiger partial charge in [-0.2, -0.15) is 5.10 Å². The molecule has 7 nitrogen and oxygen atoms in total. The third kappa shape index (κ3) is 5.18. The molecule has 0 atom stereocenters. The van der Waals surface area contributed by atoms with Crippen molar-refractivity contribution in [3.05, 3.63) is 11.4 Å². The van der Waals surface area contributed by atoms with Crippen LogP contribution in [0.15, 0.2) is 0 Å². The van der Waals surface area contributed by atoms with Gasteiger partial charge >= 0.3 is 0 Å². The molecule has 0 aliphatic heterocycles. The molecule has 1 heterocycles. The van der Waals surface area contributed by atoms with Gasteiger partial charge in [0.15, 0.2) is 0 Å². The third-order valence-corrected chi connectivity index (χ3v) is 3.05. The number of aromatic nitrogens is 2. The van der Waals surface area contributed by atoms with Crippen LogP contribution in [0.2, 0.25) is 0 Å². The fraction of sp³-hybridized carbons (Fsp3) is 0.643. The number of anilines is 1. The molecule has 1 rings (SSSR count). The molecule has 0 saturated carbocycles. The topological polar surface area (TPSA) is 79.3 Å². The smallest absolute Gasteiger partial charge is 0.238 e. The van der Waals surface area contributed by atoms with Crippen LogP contribution in [0.25, 0.3) is 0 Å². The quantitative estimate of drug-likeness (QED) is 0.798. The van der Waals surface area contributed by atoms with Crippen LogP contribution < -0.4 is 10.6 Å². The fourth-order valence-corrected chi connectivity index (χ4v) is 2.05. The van der Waals surface area contributed by atoms with E-state index in [2.05, 4.69) is 15.7 Å². The summed E-state index contributed by atoms with van der Waals surface area (Å²) in [5.74, 6) is -0.247. The van der Waals surface area contributed by atoms with Gasteiger partial charge in [0.2, 0.25) is 11.8 Å². The van der Waals surface area contributed by atoms with Gasteiger partial charge in [0.1, 0.15) is 0 Å². The lowest BCUT2D eigenvalue weighted by Gasteiger charge is -2.17. The Morgan fingerprint density at radius 2 is 1.81 bits per heavy atom. The zero-order chi connectivity index (χ0) is 16.2. The first-order valence-electron chi connectivity index (χ1n) is 6.98. The van der Waals surface area contributed by atoms with E-state index in [0.29, 0.717) is 0 Å². The Hall–Kier alpha value is -1.89. The number of hydrogen-bond acceptors (Lipinski definition) is 4. The van der Waals surface area contributed by atoms with Gasteiger partial charge in [0.25, 0.3) is 0 Å². The van der Waals surface area contributed by atoms with E-state index in [-0.39, 0.29) is 30.9 Å². The Kier molecular flexibility index (Phi) is 5.90. The van der Waals surface area contributed by atoms with Crippen molar-refractivity contribution < 1.29 is 9.59 Å². The number of carbonyl (C=O) groups is 2. The minimum atomic E-state index is -0.158. The largest absolute Gasteiger partial charge is 0.353 e. The van der Waals surface area contributed by atoms with E-state index in [0.717, 1.165) is 17.1 Å². The van der Waals surface area contributed by atoms with Crippen molar-refractivity contribution in [2.45, 2.75) is 33.7 Å². The summed E-state index contributed by atoms with van der Waals surface area (Å²) < 4.78 is 1.73. The molecule has 2 amide bonds. The predicted octanol–water partition coefficient (Wildman–Crippen LogP) is 0.432. The van der Waals surface area contributed by atoms with E-state index in [4.69, 9.17) is 0 Å². The van der Waals surface area contributed by atoms with Gasteiger partial charge < -0.3 is 10.6 Å². The number of nitrogens with one attached hydrogen (secondary N) is 2. The highest BCUT2D eigenvalue weighted by atomic mass is 16.2. The molecule has 0 bridgehead atoms. The van der Waals surface area contributed by atoms with Gasteiger partial charge in [-0.3, -0.25) is 19.2 Å². The van der Waals surface area contributed by atoms with Gasteiger partial charge in [-0.25, -0.2) is 0 Å². The summed E-state index contributed by atoms with van der Waals surface area (Å²) >= 11 is 0. The molecular formula is C14H25N5O2. The number of nitrogens with zero attached hydrogens (tertiary/aromatic N) is 3. The average Bonchev–Trinajstić information content (AvgIpc) is 2.54. The number of hydrogen-bond donors (Lipinski definition) is 2. The number of likely N-dealkylation sites (N-methyl/N-ethyl adjacent to an activating group) is 1. The van der Waals surface area contributed by atoms with Gasteiger partial charge in [0.05, 0.1) is 30.2 Å². The average molecular weight is 295 g/mol. The summed E-state index contributed by atoms with van der Waals surface area (Å²) in [4.78, 5) is 25.3. The van der Waals surface area contributed by atoms with Crippen LogP contribution in [0.5, 0.6) is 0 Å². The highest BCUT2D eigenvalue weighted by molar-refractivity contribution is 5.93. The lowest BCUT2D eigenvalue weighted by molar-refractivity contribution is -0.123. The van der Waals surface area contributed by atoms with Crippen LogP contribution in [-0.4, -0.2) is 52.7 Å². The fourth-order valence-electron chi connectivity index (χ4n) is 2.05. The first-order valence-corrected chi connectivity index (χ1v) is 6.98. The number of rotatable bonds is 6. The molecule has 1 aromatic rings. The van der Waals surface area contributed by atoms with E-state index in [1.165, 1.54) is 0 Å². The van der Waals surface area contributed by atoms with Gasteiger partial charge in [0, 0.05) is 13.1 Å². The van der Waals surface area contributed by atoms with Crippen molar-refractivity contribution in [2.24, 2.45) is 7.05 Å². The molecule has 7 heteroatoms. The maximum absolute atomic E-state index is 12.0. The van der Waals surface area contributed by atoms with E-state index < -0.39 is 0 Å². The van der Waals surface area contributed by atoms with Crippen LogP contribution in [0.1, 0.15) is 25.2 Å². The first kappa shape index (κ1) is 17.2. The Labute approximate surface area is 125 Å². The van der Waals surface area contributed by atoms with Crippen LogP contribution in [-0.2, 0) is 16.6 Å². The molecule has 0 aromatic carbocycles. The van der Waals surface area contributed by atoms with Crippen LogP contribution >= 0.6 is 0 Å². The molecular weight excluding hydrogens is 270 g/mol. The molecule has 0 aliphatic carbocycles. The SMILES string of the molecule is Cc1nn(C)c(C)c1NC(=O)CN(C)CC(=O)NC(C)C. The van der Waals surface area contributed by atoms with E-state index in [1.54, 1.807) is 16.6 Å². The van der Waals surface area contributed by atoms with E-state index in [1.807, 2.05) is 34.7 Å². The lowest BCUT2D eigenvalue weighted by Crippen LogP contribution is -2.41. The van der Waals surface area contributed by atoms with Crippen LogP contribution in [0.3, 0.4) is 0 Å². The van der Waals surface area contributed by atoms with Crippen LogP contribution in [0, 0.1) is 13.8 Å². The van der Waals surface area contributed by atoms with Gasteiger partial charge in [-0.1, -0.05) is 0 Å². The van der Waals surface area contributed by atoms with Crippen molar-refractivity contribution in [1.29, 1.82) is 0 Å². The summed E-state index contributed by atoms with van der Waals surface area (Å²) in [6.45, 7) is 7.89. The Morgan fingerprint density at radius 1 is 1.24 bits per heavy atom. The van der Waals surface area contributed by atoms with E-state index in [9.17, 15) is 9.59 Å². The maximum atomic E-state index is 12.0. The zero-order valence-corrected chi connectivity index (χ0v) is 13.6. The standard InChI is InChI=1S/C14H25N5O2/c1-9(2)15-12(20)7-18(5)8-13(21)16-14-10(3)17-19(6)11(14)4/h9H,7-8H2,1-6H3,(H,15,20)(H,16,21). The number of aryl methyl sites for hydroxylation is 2. The molecule has 118 valence electrons. The summed E-state index contributed by atoms with van der Waals surface area (Å²) in [5.41, 5.74) is 2.42. The minimum Gasteiger partial charge on any atom is -0.353 e. The van der Waals surface area contributed by atoms with Crippen molar-refractivity contribution >= 4 is 17.5 Å². The first-order chi connectivity index (χ1) is 9.70.